The summed E-state index contributed by atoms with van der Waals surface area (Å²) in [7, 11) is 0. The van der Waals surface area contributed by atoms with Gasteiger partial charge in [0.15, 0.2) is 0 Å². The van der Waals surface area contributed by atoms with Crippen LogP contribution >= 0.6 is 15.9 Å². The maximum atomic E-state index is 11.4. The molecule has 1 rings (SSSR count). The normalized spacial score (nSPS) is 11.6. The first-order valence-electron chi connectivity index (χ1n) is 6.64. The maximum Gasteiger partial charge on any atom is 0.310 e. The van der Waals surface area contributed by atoms with Crippen LogP contribution in [0.3, 0.4) is 0 Å². The Hall–Kier alpha value is -0.870. The molecule has 0 atom stereocenters. The van der Waals surface area contributed by atoms with Crippen LogP contribution in [0.25, 0.3) is 0 Å². The Morgan fingerprint density at radius 3 is 2.47 bits per heavy atom. The molecule has 0 spiro atoms. The van der Waals surface area contributed by atoms with Crippen molar-refractivity contribution in [1.82, 2.24) is 5.32 Å². The quantitative estimate of drug-likeness (QED) is 0.802. The average Bonchev–Trinajstić information content (AvgIpc) is 2.37. The van der Waals surface area contributed by atoms with Crippen LogP contribution in [0.15, 0.2) is 22.7 Å². The largest absolute Gasteiger partial charge is 0.481 e. The third kappa shape index (κ3) is 4.05. The summed E-state index contributed by atoms with van der Waals surface area (Å²) in [6, 6.07) is 6.14. The maximum absolute atomic E-state index is 11.4. The van der Waals surface area contributed by atoms with E-state index in [1.807, 2.05) is 19.9 Å². The zero-order valence-electron chi connectivity index (χ0n) is 11.8. The topological polar surface area (TPSA) is 49.3 Å². The van der Waals surface area contributed by atoms with Gasteiger partial charge in [0.05, 0.1) is 5.41 Å². The first-order chi connectivity index (χ1) is 8.95. The van der Waals surface area contributed by atoms with Gasteiger partial charge in [-0.05, 0) is 43.0 Å². The summed E-state index contributed by atoms with van der Waals surface area (Å²) in [5.74, 6) is -0.711. The van der Waals surface area contributed by atoms with E-state index in [1.165, 1.54) is 11.1 Å². The number of halogens is 1. The van der Waals surface area contributed by atoms with Crippen LogP contribution in [-0.4, -0.2) is 17.6 Å². The van der Waals surface area contributed by atoms with E-state index < -0.39 is 11.4 Å². The second kappa shape index (κ2) is 7.06. The molecule has 0 saturated heterocycles. The van der Waals surface area contributed by atoms with Crippen molar-refractivity contribution in [3.8, 4) is 0 Å². The summed E-state index contributed by atoms with van der Waals surface area (Å²) in [6.07, 6.45) is 1.29. The van der Waals surface area contributed by atoms with Gasteiger partial charge in [-0.25, -0.2) is 0 Å². The predicted molar refractivity (Wildman–Crippen MR) is 81.2 cm³/mol. The molecule has 3 nitrogen and oxygen atoms in total. The van der Waals surface area contributed by atoms with Crippen molar-refractivity contribution in [2.45, 2.75) is 40.2 Å². The van der Waals surface area contributed by atoms with E-state index in [1.54, 1.807) is 0 Å². The molecule has 1 aromatic rings. The molecule has 0 unspecified atom stereocenters. The standard InChI is InChI=1S/C15H22BrNO2/c1-4-15(5-2,14(18)19)10-17-9-12-6-7-13(16)8-11(12)3/h6-8,17H,4-5,9-10H2,1-3H3,(H,18,19). The Morgan fingerprint density at radius 2 is 2.00 bits per heavy atom. The zero-order chi connectivity index (χ0) is 14.5. The third-order valence-electron chi connectivity index (χ3n) is 3.89. The summed E-state index contributed by atoms with van der Waals surface area (Å²) in [4.78, 5) is 11.4. The molecular weight excluding hydrogens is 306 g/mol. The number of carboxylic acids is 1. The van der Waals surface area contributed by atoms with Crippen molar-refractivity contribution in [2.75, 3.05) is 6.54 Å². The number of rotatable bonds is 7. The summed E-state index contributed by atoms with van der Waals surface area (Å²) < 4.78 is 1.07. The molecule has 0 saturated carbocycles. The number of carboxylic acid groups (broad SMARTS) is 1. The summed E-state index contributed by atoms with van der Waals surface area (Å²) in [6.45, 7) is 7.14. The fourth-order valence-electron chi connectivity index (χ4n) is 2.17. The highest BCUT2D eigenvalue weighted by atomic mass is 79.9. The van der Waals surface area contributed by atoms with Crippen LogP contribution in [0.2, 0.25) is 0 Å². The van der Waals surface area contributed by atoms with Crippen LogP contribution in [0.1, 0.15) is 37.8 Å². The Bertz CT molecular complexity index is 442. The second-order valence-corrected chi connectivity index (χ2v) is 5.88. The van der Waals surface area contributed by atoms with Crippen LogP contribution in [0, 0.1) is 12.3 Å². The molecule has 106 valence electrons. The lowest BCUT2D eigenvalue weighted by Crippen LogP contribution is -2.40. The van der Waals surface area contributed by atoms with E-state index in [-0.39, 0.29) is 0 Å². The van der Waals surface area contributed by atoms with E-state index in [0.29, 0.717) is 25.9 Å². The minimum atomic E-state index is -0.711. The van der Waals surface area contributed by atoms with E-state index in [0.717, 1.165) is 4.47 Å². The minimum absolute atomic E-state index is 0.505. The van der Waals surface area contributed by atoms with Gasteiger partial charge in [-0.2, -0.15) is 0 Å². The van der Waals surface area contributed by atoms with Crippen molar-refractivity contribution in [1.29, 1.82) is 0 Å². The van der Waals surface area contributed by atoms with E-state index in [4.69, 9.17) is 0 Å². The molecule has 2 N–H and O–H groups in total. The van der Waals surface area contributed by atoms with Gasteiger partial charge in [0.2, 0.25) is 0 Å². The lowest BCUT2D eigenvalue weighted by molar-refractivity contribution is -0.149. The number of aryl methyl sites for hydroxylation is 1. The smallest absolute Gasteiger partial charge is 0.310 e. The van der Waals surface area contributed by atoms with Gasteiger partial charge in [0, 0.05) is 17.6 Å². The Morgan fingerprint density at radius 1 is 1.37 bits per heavy atom. The fraction of sp³-hybridized carbons (Fsp3) is 0.533. The monoisotopic (exact) mass is 327 g/mol. The highest BCUT2D eigenvalue weighted by Crippen LogP contribution is 2.26. The molecule has 0 radical (unpaired) electrons. The van der Waals surface area contributed by atoms with Crippen molar-refractivity contribution < 1.29 is 9.90 Å². The molecule has 0 heterocycles. The van der Waals surface area contributed by atoms with Gasteiger partial charge < -0.3 is 10.4 Å². The van der Waals surface area contributed by atoms with Gasteiger partial charge in [-0.1, -0.05) is 35.8 Å². The number of benzene rings is 1. The molecule has 0 bridgehead atoms. The van der Waals surface area contributed by atoms with Crippen LogP contribution in [0.4, 0.5) is 0 Å². The van der Waals surface area contributed by atoms with Gasteiger partial charge in [0.25, 0.3) is 0 Å². The minimum Gasteiger partial charge on any atom is -0.481 e. The SMILES string of the molecule is CCC(CC)(CNCc1ccc(Br)cc1C)C(=O)O. The molecule has 0 fully saturated rings. The molecule has 0 aliphatic rings. The number of hydrogen-bond donors (Lipinski definition) is 2. The highest BCUT2D eigenvalue weighted by Gasteiger charge is 2.34. The number of carbonyl (C=O) groups is 1. The Kier molecular flexibility index (Phi) is 6.01. The van der Waals surface area contributed by atoms with Crippen LogP contribution in [0.5, 0.6) is 0 Å². The third-order valence-corrected chi connectivity index (χ3v) is 4.38. The van der Waals surface area contributed by atoms with Crippen molar-refractivity contribution in [2.24, 2.45) is 5.41 Å². The van der Waals surface area contributed by atoms with E-state index in [9.17, 15) is 9.90 Å². The molecule has 0 aromatic heterocycles. The van der Waals surface area contributed by atoms with Gasteiger partial charge in [0.1, 0.15) is 0 Å². The molecule has 4 heteroatoms. The van der Waals surface area contributed by atoms with Crippen LogP contribution < -0.4 is 5.32 Å². The van der Waals surface area contributed by atoms with Gasteiger partial charge in [-0.3, -0.25) is 4.79 Å². The van der Waals surface area contributed by atoms with Crippen molar-refractivity contribution in [3.63, 3.8) is 0 Å². The summed E-state index contributed by atoms with van der Waals surface area (Å²) in [5.41, 5.74) is 1.76. The Balaban J connectivity index is 2.64. The Labute approximate surface area is 123 Å². The number of nitrogens with one attached hydrogen (secondary N) is 1. The molecule has 0 amide bonds. The number of hydrogen-bond acceptors (Lipinski definition) is 2. The predicted octanol–water partition coefficient (Wildman–Crippen LogP) is 3.74. The summed E-state index contributed by atoms with van der Waals surface area (Å²) >= 11 is 3.44. The molecule has 19 heavy (non-hydrogen) atoms. The van der Waals surface area contributed by atoms with E-state index in [2.05, 4.69) is 40.3 Å². The average molecular weight is 328 g/mol. The first kappa shape index (κ1) is 16.2. The molecule has 1 aromatic carbocycles. The molecule has 0 aliphatic carbocycles. The van der Waals surface area contributed by atoms with Gasteiger partial charge in [-0.15, -0.1) is 0 Å². The second-order valence-electron chi connectivity index (χ2n) is 4.97. The number of aliphatic carboxylic acids is 1. The lowest BCUT2D eigenvalue weighted by atomic mass is 9.82. The summed E-state index contributed by atoms with van der Waals surface area (Å²) in [5, 5.41) is 12.7. The molecular formula is C15H22BrNO2. The van der Waals surface area contributed by atoms with Crippen molar-refractivity contribution in [3.05, 3.63) is 33.8 Å². The fourth-order valence-corrected chi connectivity index (χ4v) is 2.65. The molecule has 0 aliphatic heterocycles. The van der Waals surface area contributed by atoms with Crippen LogP contribution in [-0.2, 0) is 11.3 Å². The van der Waals surface area contributed by atoms with Crippen molar-refractivity contribution >= 4 is 21.9 Å². The first-order valence-corrected chi connectivity index (χ1v) is 7.43. The van der Waals surface area contributed by atoms with Gasteiger partial charge >= 0.3 is 5.97 Å². The lowest BCUT2D eigenvalue weighted by Gasteiger charge is -2.27. The van der Waals surface area contributed by atoms with E-state index >= 15 is 0 Å². The highest BCUT2D eigenvalue weighted by molar-refractivity contribution is 9.10. The zero-order valence-corrected chi connectivity index (χ0v) is 13.4.